The number of aromatic amines is 1. The Morgan fingerprint density at radius 1 is 1.14 bits per heavy atom. The van der Waals surface area contributed by atoms with Gasteiger partial charge in [0.05, 0.1) is 22.6 Å². The third-order valence-electron chi connectivity index (χ3n) is 4.47. The molecule has 2 aromatic carbocycles. The van der Waals surface area contributed by atoms with Gasteiger partial charge >= 0.3 is 29.2 Å². The summed E-state index contributed by atoms with van der Waals surface area (Å²) in [6.07, 6.45) is -4.67. The summed E-state index contributed by atoms with van der Waals surface area (Å²) >= 11 is 5.85. The van der Waals surface area contributed by atoms with Crippen molar-refractivity contribution >= 4 is 23.3 Å². The van der Waals surface area contributed by atoms with Gasteiger partial charge in [0, 0.05) is 12.1 Å². The number of carbonyl (C=O) groups is 1. The molecular formula is C19H12ClF3N4O8. The summed E-state index contributed by atoms with van der Waals surface area (Å²) in [5.41, 5.74) is -6.53. The number of hydrogen-bond acceptors (Lipinski definition) is 8. The Labute approximate surface area is 195 Å². The standard InChI is InChI=1S/C19H12ClF3N4O8/c1-34-15(28)8-25-16(29)24-17(30)26(18(25)31)13-7-10(3-4-12(13)27(32)33)35-14-5-2-9(6-11(14)20)19(21,22)23/h2-7H,8H2,1H3,(H,24,29,30). The number of aromatic nitrogens is 3. The molecule has 3 aromatic rings. The number of alkyl halides is 3. The molecular weight excluding hydrogens is 505 g/mol. The minimum absolute atomic E-state index is 0.212. The molecule has 1 N–H and O–H groups in total. The van der Waals surface area contributed by atoms with Gasteiger partial charge in [0.2, 0.25) is 0 Å². The van der Waals surface area contributed by atoms with Crippen molar-refractivity contribution in [1.29, 1.82) is 0 Å². The second-order valence-electron chi connectivity index (χ2n) is 6.67. The van der Waals surface area contributed by atoms with E-state index in [4.69, 9.17) is 16.3 Å². The highest BCUT2D eigenvalue weighted by molar-refractivity contribution is 6.32. The number of methoxy groups -OCH3 is 1. The summed E-state index contributed by atoms with van der Waals surface area (Å²) < 4.78 is 48.8. The molecule has 0 saturated carbocycles. The second-order valence-corrected chi connectivity index (χ2v) is 7.08. The van der Waals surface area contributed by atoms with E-state index >= 15 is 0 Å². The lowest BCUT2D eigenvalue weighted by atomic mass is 10.2. The van der Waals surface area contributed by atoms with Gasteiger partial charge in [-0.15, -0.1) is 0 Å². The molecule has 12 nitrogen and oxygen atoms in total. The molecule has 0 spiro atoms. The largest absolute Gasteiger partial charge is 0.468 e. The average Bonchev–Trinajstić information content (AvgIpc) is 2.77. The highest BCUT2D eigenvalue weighted by Gasteiger charge is 2.31. The maximum atomic E-state index is 12.8. The minimum atomic E-state index is -4.67. The monoisotopic (exact) mass is 516 g/mol. The molecule has 0 amide bonds. The Bertz CT molecular complexity index is 1510. The molecule has 1 aromatic heterocycles. The van der Waals surface area contributed by atoms with Crippen LogP contribution in [-0.4, -0.2) is 32.1 Å². The zero-order valence-corrected chi connectivity index (χ0v) is 18.0. The van der Waals surface area contributed by atoms with E-state index in [9.17, 15) is 42.5 Å². The van der Waals surface area contributed by atoms with E-state index in [-0.39, 0.29) is 20.6 Å². The zero-order valence-electron chi connectivity index (χ0n) is 17.3. The van der Waals surface area contributed by atoms with Gasteiger partial charge in [0.1, 0.15) is 23.7 Å². The summed E-state index contributed by atoms with van der Waals surface area (Å²) in [6.45, 7) is -0.907. The topological polar surface area (TPSA) is 156 Å². The van der Waals surface area contributed by atoms with Gasteiger partial charge < -0.3 is 9.47 Å². The molecule has 0 saturated heterocycles. The minimum Gasteiger partial charge on any atom is -0.468 e. The maximum Gasteiger partial charge on any atom is 0.416 e. The van der Waals surface area contributed by atoms with Crippen LogP contribution in [-0.2, 0) is 22.3 Å². The fraction of sp³-hybridized carbons (Fsp3) is 0.158. The molecule has 0 aliphatic rings. The number of rotatable bonds is 6. The Morgan fingerprint density at radius 3 is 2.40 bits per heavy atom. The van der Waals surface area contributed by atoms with Gasteiger partial charge in [-0.1, -0.05) is 11.6 Å². The first-order chi connectivity index (χ1) is 16.3. The van der Waals surface area contributed by atoms with Crippen molar-refractivity contribution in [3.05, 3.63) is 88.6 Å². The van der Waals surface area contributed by atoms with E-state index in [1.54, 1.807) is 4.98 Å². The van der Waals surface area contributed by atoms with Gasteiger partial charge in [0.15, 0.2) is 0 Å². The molecule has 0 fully saturated rings. The Kier molecular flexibility index (Phi) is 6.82. The van der Waals surface area contributed by atoms with Crippen LogP contribution in [0, 0.1) is 10.1 Å². The number of nitrogens with one attached hydrogen (secondary N) is 1. The molecule has 3 rings (SSSR count). The molecule has 0 unspecified atom stereocenters. The van der Waals surface area contributed by atoms with Gasteiger partial charge in [0.25, 0.3) is 5.69 Å². The van der Waals surface area contributed by atoms with Crippen LogP contribution < -0.4 is 21.8 Å². The van der Waals surface area contributed by atoms with Crippen LogP contribution in [0.2, 0.25) is 5.02 Å². The van der Waals surface area contributed by atoms with Crippen LogP contribution in [0.15, 0.2) is 50.8 Å². The van der Waals surface area contributed by atoms with Crippen LogP contribution in [0.3, 0.4) is 0 Å². The van der Waals surface area contributed by atoms with Gasteiger partial charge in [-0.2, -0.15) is 13.2 Å². The van der Waals surface area contributed by atoms with E-state index in [0.717, 1.165) is 31.4 Å². The number of nitro groups is 1. The van der Waals surface area contributed by atoms with E-state index in [1.807, 2.05) is 0 Å². The smallest absolute Gasteiger partial charge is 0.416 e. The lowest BCUT2D eigenvalue weighted by molar-refractivity contribution is -0.384. The van der Waals surface area contributed by atoms with E-state index in [0.29, 0.717) is 12.1 Å². The summed E-state index contributed by atoms with van der Waals surface area (Å²) in [4.78, 5) is 61.0. The normalized spacial score (nSPS) is 11.2. The molecule has 0 atom stereocenters. The van der Waals surface area contributed by atoms with Crippen LogP contribution in [0.4, 0.5) is 18.9 Å². The second kappa shape index (κ2) is 9.46. The lowest BCUT2D eigenvalue weighted by Gasteiger charge is -2.13. The van der Waals surface area contributed by atoms with E-state index in [2.05, 4.69) is 4.74 Å². The molecule has 16 heteroatoms. The lowest BCUT2D eigenvalue weighted by Crippen LogP contribution is -2.49. The molecule has 0 bridgehead atoms. The summed E-state index contributed by atoms with van der Waals surface area (Å²) in [7, 11) is 0.982. The number of benzene rings is 2. The van der Waals surface area contributed by atoms with Crippen LogP contribution in [0.1, 0.15) is 5.56 Å². The number of H-pyrrole nitrogens is 1. The number of nitro benzene ring substituents is 1. The van der Waals surface area contributed by atoms with Crippen molar-refractivity contribution in [2.24, 2.45) is 0 Å². The molecule has 0 aliphatic heterocycles. The molecule has 0 radical (unpaired) electrons. The van der Waals surface area contributed by atoms with Crippen molar-refractivity contribution < 1.29 is 32.4 Å². The highest BCUT2D eigenvalue weighted by Crippen LogP contribution is 2.37. The third kappa shape index (κ3) is 5.24. The third-order valence-corrected chi connectivity index (χ3v) is 4.77. The number of ether oxygens (including phenoxy) is 2. The molecule has 35 heavy (non-hydrogen) atoms. The first-order valence-corrected chi connectivity index (χ1v) is 9.57. The predicted molar refractivity (Wildman–Crippen MR) is 112 cm³/mol. The quantitative estimate of drug-likeness (QED) is 0.297. The summed E-state index contributed by atoms with van der Waals surface area (Å²) in [5, 5.41) is 11.1. The van der Waals surface area contributed by atoms with Crippen LogP contribution >= 0.6 is 11.6 Å². The van der Waals surface area contributed by atoms with Gasteiger partial charge in [-0.3, -0.25) is 19.9 Å². The van der Waals surface area contributed by atoms with Crippen molar-refractivity contribution in [1.82, 2.24) is 14.1 Å². The molecule has 184 valence electrons. The molecule has 0 aliphatic carbocycles. The van der Waals surface area contributed by atoms with E-state index < -0.39 is 62.6 Å². The van der Waals surface area contributed by atoms with Crippen molar-refractivity contribution in [2.45, 2.75) is 12.7 Å². The first-order valence-electron chi connectivity index (χ1n) is 9.20. The highest BCUT2D eigenvalue weighted by atomic mass is 35.5. The van der Waals surface area contributed by atoms with Crippen molar-refractivity contribution in [3.63, 3.8) is 0 Å². The fourth-order valence-electron chi connectivity index (χ4n) is 2.84. The van der Waals surface area contributed by atoms with Gasteiger partial charge in [-0.25, -0.2) is 23.5 Å². The Hall–Kier alpha value is -4.40. The molecule has 1 heterocycles. The SMILES string of the molecule is COC(=O)Cn1c(=O)[nH]c(=O)n(-c2cc(Oc3ccc(C(F)(F)F)cc3Cl)ccc2[N+](=O)[O-])c1=O. The van der Waals surface area contributed by atoms with Crippen LogP contribution in [0.25, 0.3) is 5.69 Å². The number of nitrogens with zero attached hydrogens (tertiary/aromatic N) is 3. The van der Waals surface area contributed by atoms with Crippen molar-refractivity contribution in [3.8, 4) is 17.2 Å². The Balaban J connectivity index is 2.16. The van der Waals surface area contributed by atoms with Gasteiger partial charge in [-0.05, 0) is 24.3 Å². The van der Waals surface area contributed by atoms with Crippen LogP contribution in [0.5, 0.6) is 11.5 Å². The number of halogens is 4. The van der Waals surface area contributed by atoms with Crippen molar-refractivity contribution in [2.75, 3.05) is 7.11 Å². The fourth-order valence-corrected chi connectivity index (χ4v) is 3.06. The number of esters is 1. The maximum absolute atomic E-state index is 12.8. The predicted octanol–water partition coefficient (Wildman–Crippen LogP) is 2.23. The Morgan fingerprint density at radius 2 is 1.83 bits per heavy atom. The first kappa shape index (κ1) is 25.2. The number of hydrogen-bond donors (Lipinski definition) is 1. The van der Waals surface area contributed by atoms with E-state index in [1.165, 1.54) is 0 Å². The number of carbonyl (C=O) groups excluding carboxylic acids is 1. The zero-order chi connectivity index (χ0) is 26.1. The average molecular weight is 517 g/mol. The summed E-state index contributed by atoms with van der Waals surface area (Å²) in [5.74, 6) is -1.55. The summed E-state index contributed by atoms with van der Waals surface area (Å²) in [6, 6.07) is 4.94.